The van der Waals surface area contributed by atoms with Crippen LogP contribution in [0.3, 0.4) is 0 Å². The van der Waals surface area contributed by atoms with Gasteiger partial charge in [0.05, 0.1) is 29.7 Å². The summed E-state index contributed by atoms with van der Waals surface area (Å²) in [6.07, 6.45) is 3.04. The fourth-order valence-electron chi connectivity index (χ4n) is 3.98. The molecule has 2 aromatic carbocycles. The van der Waals surface area contributed by atoms with E-state index in [4.69, 9.17) is 0 Å². The van der Waals surface area contributed by atoms with Crippen molar-refractivity contribution in [3.63, 3.8) is 0 Å². The second kappa shape index (κ2) is 9.38. The molecule has 11 heteroatoms. The molecule has 1 aromatic heterocycles. The summed E-state index contributed by atoms with van der Waals surface area (Å²) in [5.41, 5.74) is 3.00. The zero-order valence-electron chi connectivity index (χ0n) is 19.1. The molecule has 3 aromatic rings. The quantitative estimate of drug-likeness (QED) is 0.450. The van der Waals surface area contributed by atoms with Crippen LogP contribution < -0.4 is 14.9 Å². The van der Waals surface area contributed by atoms with Gasteiger partial charge in [-0.2, -0.15) is 5.10 Å². The molecule has 1 heterocycles. The van der Waals surface area contributed by atoms with Gasteiger partial charge in [-0.25, -0.2) is 13.1 Å². The number of amides is 2. The van der Waals surface area contributed by atoms with Gasteiger partial charge in [-0.15, -0.1) is 0 Å². The van der Waals surface area contributed by atoms with Gasteiger partial charge in [-0.3, -0.25) is 13.9 Å². The highest BCUT2D eigenvalue weighted by atomic mass is 79.9. The number of fused-ring (bicyclic) bond motifs is 1. The van der Waals surface area contributed by atoms with Gasteiger partial charge in [0.25, 0.3) is 5.91 Å². The number of benzene rings is 2. The SMILES string of the molecule is CNC(=O)c1c2cc(C3CC3)c(N(CCNC(C)=O)S(C)(=O)=O)cc2nn1-c1ccc(Br)cc1. The number of nitrogens with one attached hydrogen (secondary N) is 2. The highest BCUT2D eigenvalue weighted by molar-refractivity contribution is 9.10. The molecule has 0 radical (unpaired) electrons. The van der Waals surface area contributed by atoms with E-state index in [9.17, 15) is 18.0 Å². The lowest BCUT2D eigenvalue weighted by molar-refractivity contribution is -0.118. The third-order valence-corrected chi connectivity index (χ3v) is 7.42. The second-order valence-electron chi connectivity index (χ2n) is 8.34. The Kier molecular flexibility index (Phi) is 6.68. The van der Waals surface area contributed by atoms with E-state index in [1.807, 2.05) is 30.3 Å². The molecule has 34 heavy (non-hydrogen) atoms. The summed E-state index contributed by atoms with van der Waals surface area (Å²) in [5.74, 6) is -0.307. The van der Waals surface area contributed by atoms with E-state index < -0.39 is 10.0 Å². The number of sulfonamides is 1. The molecule has 0 aliphatic heterocycles. The van der Waals surface area contributed by atoms with E-state index in [1.165, 1.54) is 11.2 Å². The molecule has 1 aliphatic rings. The fourth-order valence-corrected chi connectivity index (χ4v) is 5.18. The number of rotatable bonds is 8. The topological polar surface area (TPSA) is 113 Å². The molecule has 2 amide bonds. The summed E-state index contributed by atoms with van der Waals surface area (Å²) >= 11 is 3.42. The van der Waals surface area contributed by atoms with Crippen LogP contribution in [0.4, 0.5) is 5.69 Å². The molecule has 0 saturated heterocycles. The second-order valence-corrected chi connectivity index (χ2v) is 11.2. The number of nitrogens with zero attached hydrogens (tertiary/aromatic N) is 3. The average Bonchev–Trinajstić information content (AvgIpc) is 3.55. The third kappa shape index (κ3) is 4.95. The molecule has 0 unspecified atom stereocenters. The molecule has 0 spiro atoms. The van der Waals surface area contributed by atoms with E-state index in [-0.39, 0.29) is 30.8 Å². The molecular formula is C23H26BrN5O4S. The molecule has 2 N–H and O–H groups in total. The molecule has 4 rings (SSSR count). The summed E-state index contributed by atoms with van der Waals surface area (Å²) in [6.45, 7) is 1.67. The van der Waals surface area contributed by atoms with Crippen LogP contribution in [0.1, 0.15) is 41.7 Å². The van der Waals surface area contributed by atoms with E-state index in [0.29, 0.717) is 28.0 Å². The first-order chi connectivity index (χ1) is 16.1. The monoisotopic (exact) mass is 547 g/mol. The van der Waals surface area contributed by atoms with E-state index in [2.05, 4.69) is 31.7 Å². The number of carbonyl (C=O) groups excluding carboxylic acids is 2. The van der Waals surface area contributed by atoms with Gasteiger partial charge in [0.1, 0.15) is 5.69 Å². The van der Waals surface area contributed by atoms with Crippen molar-refractivity contribution in [3.05, 3.63) is 52.1 Å². The first-order valence-electron chi connectivity index (χ1n) is 10.9. The first-order valence-corrected chi connectivity index (χ1v) is 13.5. The normalized spacial score (nSPS) is 13.6. The van der Waals surface area contributed by atoms with E-state index >= 15 is 0 Å². The number of aromatic nitrogens is 2. The van der Waals surface area contributed by atoms with Gasteiger partial charge in [0.2, 0.25) is 15.9 Å². The molecule has 0 bridgehead atoms. The highest BCUT2D eigenvalue weighted by Crippen LogP contribution is 2.46. The summed E-state index contributed by atoms with van der Waals surface area (Å²) in [6, 6.07) is 11.1. The minimum atomic E-state index is -3.63. The Balaban J connectivity index is 1.92. The van der Waals surface area contributed by atoms with Gasteiger partial charge in [-0.05, 0) is 60.7 Å². The predicted molar refractivity (Wildman–Crippen MR) is 135 cm³/mol. The Hall–Kier alpha value is -2.92. The van der Waals surface area contributed by atoms with Crippen LogP contribution in [0.15, 0.2) is 40.9 Å². The van der Waals surface area contributed by atoms with Crippen molar-refractivity contribution in [2.24, 2.45) is 0 Å². The standard InChI is InChI=1S/C23H26BrN5O4S/c1-14(30)26-10-11-28(34(3,32)33)21-13-20-19(12-18(21)15-4-5-15)22(23(31)25-2)29(27-20)17-8-6-16(24)7-9-17/h6-9,12-13,15H,4-5,10-11H2,1-3H3,(H,25,31)(H,26,30). The van der Waals surface area contributed by atoms with Crippen LogP contribution in [0.25, 0.3) is 16.6 Å². The third-order valence-electron chi connectivity index (χ3n) is 5.71. The molecule has 9 nitrogen and oxygen atoms in total. The van der Waals surface area contributed by atoms with Crippen molar-refractivity contribution in [2.75, 3.05) is 30.7 Å². The van der Waals surface area contributed by atoms with Crippen LogP contribution in [0.2, 0.25) is 0 Å². The lowest BCUT2D eigenvalue weighted by Gasteiger charge is -2.25. The van der Waals surface area contributed by atoms with Gasteiger partial charge in [0.15, 0.2) is 0 Å². The predicted octanol–water partition coefficient (Wildman–Crippen LogP) is 2.93. The minimum absolute atomic E-state index is 0.0966. The lowest BCUT2D eigenvalue weighted by atomic mass is 10.0. The van der Waals surface area contributed by atoms with Crippen molar-refractivity contribution in [1.29, 1.82) is 0 Å². The highest BCUT2D eigenvalue weighted by Gasteiger charge is 2.32. The zero-order chi connectivity index (χ0) is 24.6. The maximum Gasteiger partial charge on any atom is 0.270 e. The maximum atomic E-state index is 12.9. The Morgan fingerprint density at radius 1 is 1.21 bits per heavy atom. The Labute approximate surface area is 206 Å². The molecular weight excluding hydrogens is 522 g/mol. The van der Waals surface area contributed by atoms with Crippen molar-refractivity contribution in [1.82, 2.24) is 20.4 Å². The largest absolute Gasteiger partial charge is 0.355 e. The Bertz CT molecular complexity index is 1360. The van der Waals surface area contributed by atoms with Gasteiger partial charge in [-0.1, -0.05) is 15.9 Å². The maximum absolute atomic E-state index is 12.9. The van der Waals surface area contributed by atoms with Gasteiger partial charge in [0, 0.05) is 30.4 Å². The van der Waals surface area contributed by atoms with Crippen LogP contribution in [0, 0.1) is 0 Å². The number of hydrogen-bond acceptors (Lipinski definition) is 5. The zero-order valence-corrected chi connectivity index (χ0v) is 21.5. The van der Waals surface area contributed by atoms with Crippen LogP contribution >= 0.6 is 15.9 Å². The molecule has 1 aliphatic carbocycles. The van der Waals surface area contributed by atoms with Crippen LogP contribution in [0.5, 0.6) is 0 Å². The van der Waals surface area contributed by atoms with E-state index in [1.54, 1.807) is 17.8 Å². The first kappa shape index (κ1) is 24.2. The smallest absolute Gasteiger partial charge is 0.270 e. The number of halogens is 1. The average molecular weight is 548 g/mol. The summed E-state index contributed by atoms with van der Waals surface area (Å²) in [5, 5.41) is 10.7. The van der Waals surface area contributed by atoms with Crippen molar-refractivity contribution in [3.8, 4) is 5.69 Å². The summed E-state index contributed by atoms with van der Waals surface area (Å²) < 4.78 is 29.3. The van der Waals surface area contributed by atoms with Gasteiger partial charge < -0.3 is 10.6 Å². The molecule has 1 fully saturated rings. The number of anilines is 1. The number of carbonyl (C=O) groups is 2. The summed E-state index contributed by atoms with van der Waals surface area (Å²) in [7, 11) is -2.06. The minimum Gasteiger partial charge on any atom is -0.355 e. The van der Waals surface area contributed by atoms with Gasteiger partial charge >= 0.3 is 0 Å². The van der Waals surface area contributed by atoms with Crippen LogP contribution in [-0.2, 0) is 14.8 Å². The Morgan fingerprint density at radius 3 is 2.44 bits per heavy atom. The summed E-state index contributed by atoms with van der Waals surface area (Å²) in [4.78, 5) is 24.2. The van der Waals surface area contributed by atoms with Crippen molar-refractivity contribution in [2.45, 2.75) is 25.7 Å². The van der Waals surface area contributed by atoms with Crippen molar-refractivity contribution >= 4 is 54.4 Å². The Morgan fingerprint density at radius 2 is 1.88 bits per heavy atom. The number of hydrogen-bond donors (Lipinski definition) is 2. The van der Waals surface area contributed by atoms with Crippen molar-refractivity contribution < 1.29 is 18.0 Å². The molecule has 0 atom stereocenters. The molecule has 180 valence electrons. The van der Waals surface area contributed by atoms with E-state index in [0.717, 1.165) is 29.1 Å². The van der Waals surface area contributed by atoms with Crippen LogP contribution in [-0.4, -0.2) is 56.4 Å². The lowest BCUT2D eigenvalue weighted by Crippen LogP contribution is -2.38. The fraction of sp³-hybridized carbons (Fsp3) is 0.348. The molecule has 1 saturated carbocycles.